The second-order valence-electron chi connectivity index (χ2n) is 3.07. The van der Waals surface area contributed by atoms with E-state index in [1.165, 1.54) is 0 Å². The smallest absolute Gasteiger partial charge is 0.338 e. The predicted molar refractivity (Wildman–Crippen MR) is 57.9 cm³/mol. The fraction of sp³-hybridized carbons (Fsp3) is 0.778. The van der Waals surface area contributed by atoms with Gasteiger partial charge in [-0.05, 0) is 13.1 Å². The summed E-state index contributed by atoms with van der Waals surface area (Å²) in [6.07, 6.45) is 0. The first-order valence-corrected chi connectivity index (χ1v) is 5.19. The van der Waals surface area contributed by atoms with Crippen LogP contribution in [0.1, 0.15) is 13.8 Å². The summed E-state index contributed by atoms with van der Waals surface area (Å²) in [4.78, 5) is 27.6. The van der Waals surface area contributed by atoms with Crippen molar-refractivity contribution in [3.63, 3.8) is 0 Å². The van der Waals surface area contributed by atoms with Gasteiger partial charge in [-0.1, -0.05) is 13.8 Å². The summed E-state index contributed by atoms with van der Waals surface area (Å²) in [5.41, 5.74) is 1.97. The van der Waals surface area contributed by atoms with E-state index in [4.69, 9.17) is 5.11 Å². The first kappa shape index (κ1) is 14.7. The van der Waals surface area contributed by atoms with E-state index in [0.717, 1.165) is 19.6 Å². The van der Waals surface area contributed by atoms with E-state index in [-0.39, 0.29) is 0 Å². The third kappa shape index (κ3) is 8.01. The van der Waals surface area contributed by atoms with E-state index in [1.807, 2.05) is 19.3 Å². The maximum absolute atomic E-state index is 11.0. The highest BCUT2D eigenvalue weighted by Crippen LogP contribution is 1.83. The Bertz CT molecular complexity index is 219. The number of hydrogen-bond donors (Lipinski definition) is 3. The highest BCUT2D eigenvalue weighted by atomic mass is 16.7. The third-order valence-electron chi connectivity index (χ3n) is 1.97. The molecule has 0 aromatic carbocycles. The molecule has 94 valence electrons. The van der Waals surface area contributed by atoms with Crippen LogP contribution >= 0.6 is 0 Å². The van der Waals surface area contributed by atoms with Gasteiger partial charge in [-0.15, -0.1) is 0 Å². The zero-order valence-electron chi connectivity index (χ0n) is 9.65. The summed E-state index contributed by atoms with van der Waals surface area (Å²) in [5, 5.41) is 10.8. The molecule has 0 aromatic heterocycles. The van der Waals surface area contributed by atoms with Crippen LogP contribution in [0.3, 0.4) is 0 Å². The molecule has 0 aromatic rings. The number of carbonyl (C=O) groups excluding carboxylic acids is 1. The monoisotopic (exact) mass is 233 g/mol. The van der Waals surface area contributed by atoms with Gasteiger partial charge in [-0.3, -0.25) is 4.84 Å². The van der Waals surface area contributed by atoms with Crippen LogP contribution in [0.2, 0.25) is 0 Å². The number of urea groups is 1. The van der Waals surface area contributed by atoms with Crippen LogP contribution < -0.4 is 10.8 Å². The van der Waals surface area contributed by atoms with Crippen LogP contribution in [0, 0.1) is 0 Å². The standard InChI is InChI=1S/C9H19N3O4/c1-3-12(4-2)6-5-10-9(15)11-16-7-8(13)14/h3-7H2,1-2H3,(H,13,14)(H2,10,11,15). The molecule has 0 aliphatic carbocycles. The van der Waals surface area contributed by atoms with Crippen LogP contribution in [0.15, 0.2) is 0 Å². The summed E-state index contributed by atoms with van der Waals surface area (Å²) in [6, 6.07) is -0.534. The maximum Gasteiger partial charge on any atom is 0.338 e. The molecule has 0 saturated heterocycles. The van der Waals surface area contributed by atoms with Gasteiger partial charge in [0.05, 0.1) is 0 Å². The van der Waals surface area contributed by atoms with Crippen molar-refractivity contribution in [2.24, 2.45) is 0 Å². The van der Waals surface area contributed by atoms with Crippen molar-refractivity contribution in [2.45, 2.75) is 13.8 Å². The van der Waals surface area contributed by atoms with Gasteiger partial charge < -0.3 is 15.3 Å². The number of nitrogens with zero attached hydrogens (tertiary/aromatic N) is 1. The number of hydrogen-bond acceptors (Lipinski definition) is 4. The molecule has 0 radical (unpaired) electrons. The Labute approximate surface area is 94.7 Å². The molecule has 0 aliphatic rings. The zero-order chi connectivity index (χ0) is 12.4. The minimum atomic E-state index is -1.14. The molecule has 16 heavy (non-hydrogen) atoms. The first-order valence-electron chi connectivity index (χ1n) is 5.19. The molecule has 7 nitrogen and oxygen atoms in total. The van der Waals surface area contributed by atoms with Crippen molar-refractivity contribution >= 4 is 12.0 Å². The lowest BCUT2D eigenvalue weighted by Crippen LogP contribution is -2.40. The quantitative estimate of drug-likeness (QED) is 0.498. The molecule has 0 heterocycles. The van der Waals surface area contributed by atoms with Gasteiger partial charge in [-0.2, -0.15) is 0 Å². The number of amides is 2. The number of nitrogens with one attached hydrogen (secondary N) is 2. The van der Waals surface area contributed by atoms with E-state index in [2.05, 4.69) is 15.1 Å². The minimum absolute atomic E-state index is 0.490. The molecular formula is C9H19N3O4. The average Bonchev–Trinajstić information content (AvgIpc) is 2.24. The molecular weight excluding hydrogens is 214 g/mol. The normalized spacial score (nSPS) is 10.2. The second-order valence-corrected chi connectivity index (χ2v) is 3.07. The summed E-state index contributed by atoms with van der Waals surface area (Å²) in [7, 11) is 0. The predicted octanol–water partition coefficient (Wildman–Crippen LogP) is -0.356. The largest absolute Gasteiger partial charge is 0.479 e. The summed E-state index contributed by atoms with van der Waals surface area (Å²) in [6.45, 7) is 6.62. The Balaban J connectivity index is 3.46. The maximum atomic E-state index is 11.0. The zero-order valence-corrected chi connectivity index (χ0v) is 9.65. The summed E-state index contributed by atoms with van der Waals surface area (Å²) in [5.74, 6) is -1.14. The van der Waals surface area contributed by atoms with Crippen LogP contribution in [0.25, 0.3) is 0 Å². The molecule has 2 amide bonds. The van der Waals surface area contributed by atoms with Gasteiger partial charge in [0, 0.05) is 13.1 Å². The number of carbonyl (C=O) groups is 2. The molecule has 0 atom stereocenters. The van der Waals surface area contributed by atoms with Crippen LogP contribution in [0.5, 0.6) is 0 Å². The number of rotatable bonds is 8. The lowest BCUT2D eigenvalue weighted by Gasteiger charge is -2.17. The minimum Gasteiger partial charge on any atom is -0.479 e. The molecule has 0 unspecified atom stereocenters. The second kappa shape index (κ2) is 8.93. The molecule has 7 heteroatoms. The van der Waals surface area contributed by atoms with E-state index < -0.39 is 18.6 Å². The van der Waals surface area contributed by atoms with Crippen molar-refractivity contribution in [2.75, 3.05) is 32.8 Å². The number of carboxylic acids is 1. The topological polar surface area (TPSA) is 90.9 Å². The van der Waals surface area contributed by atoms with E-state index in [9.17, 15) is 9.59 Å². The molecule has 0 aliphatic heterocycles. The van der Waals surface area contributed by atoms with Crippen LogP contribution in [0.4, 0.5) is 4.79 Å². The molecule has 0 spiro atoms. The van der Waals surface area contributed by atoms with Gasteiger partial charge in [0.1, 0.15) is 0 Å². The molecule has 0 bridgehead atoms. The van der Waals surface area contributed by atoms with Gasteiger partial charge in [-0.25, -0.2) is 15.1 Å². The van der Waals surface area contributed by atoms with Crippen molar-refractivity contribution in [3.05, 3.63) is 0 Å². The molecule has 0 rings (SSSR count). The highest BCUT2D eigenvalue weighted by molar-refractivity contribution is 5.73. The Hall–Kier alpha value is -1.34. The first-order chi connectivity index (χ1) is 7.60. The lowest BCUT2D eigenvalue weighted by atomic mass is 10.5. The number of likely N-dealkylation sites (N-methyl/N-ethyl adjacent to an activating group) is 1. The average molecular weight is 233 g/mol. The van der Waals surface area contributed by atoms with Gasteiger partial charge in [0.15, 0.2) is 6.61 Å². The summed E-state index contributed by atoms with van der Waals surface area (Å²) >= 11 is 0. The summed E-state index contributed by atoms with van der Waals surface area (Å²) < 4.78 is 0. The van der Waals surface area contributed by atoms with Crippen LogP contribution in [-0.2, 0) is 9.63 Å². The Morgan fingerprint density at radius 2 is 1.94 bits per heavy atom. The van der Waals surface area contributed by atoms with E-state index in [0.29, 0.717) is 6.54 Å². The third-order valence-corrected chi connectivity index (χ3v) is 1.97. The lowest BCUT2D eigenvalue weighted by molar-refractivity contribution is -0.144. The van der Waals surface area contributed by atoms with Gasteiger partial charge >= 0.3 is 12.0 Å². The number of aliphatic carboxylic acids is 1. The van der Waals surface area contributed by atoms with Crippen molar-refractivity contribution in [3.8, 4) is 0 Å². The van der Waals surface area contributed by atoms with Gasteiger partial charge in [0.2, 0.25) is 0 Å². The van der Waals surface area contributed by atoms with Crippen molar-refractivity contribution in [1.29, 1.82) is 0 Å². The molecule has 0 saturated carbocycles. The molecule has 0 fully saturated rings. The SMILES string of the molecule is CCN(CC)CCNC(=O)NOCC(=O)O. The van der Waals surface area contributed by atoms with Crippen molar-refractivity contribution < 1.29 is 19.5 Å². The highest BCUT2D eigenvalue weighted by Gasteiger charge is 2.03. The van der Waals surface area contributed by atoms with E-state index >= 15 is 0 Å². The van der Waals surface area contributed by atoms with Crippen LogP contribution in [-0.4, -0.2) is 54.8 Å². The molecule has 3 N–H and O–H groups in total. The Morgan fingerprint density at radius 1 is 1.31 bits per heavy atom. The number of hydroxylamine groups is 1. The van der Waals surface area contributed by atoms with Gasteiger partial charge in [0.25, 0.3) is 0 Å². The fourth-order valence-corrected chi connectivity index (χ4v) is 1.07. The van der Waals surface area contributed by atoms with E-state index in [1.54, 1.807) is 0 Å². The fourth-order valence-electron chi connectivity index (χ4n) is 1.07. The number of carboxylic acid groups (broad SMARTS) is 1. The Morgan fingerprint density at radius 3 is 2.44 bits per heavy atom. The van der Waals surface area contributed by atoms with Crippen molar-refractivity contribution in [1.82, 2.24) is 15.7 Å². The Kier molecular flexibility index (Phi) is 8.18.